The normalized spacial score (nSPS) is 19.2. The van der Waals surface area contributed by atoms with E-state index in [2.05, 4.69) is 15.3 Å². The number of carbonyl (C=O) groups excluding carboxylic acids is 2. The van der Waals surface area contributed by atoms with E-state index in [4.69, 9.17) is 4.74 Å². The van der Waals surface area contributed by atoms with Gasteiger partial charge in [-0.15, -0.1) is 11.3 Å². The number of rotatable bonds is 4. The summed E-state index contributed by atoms with van der Waals surface area (Å²) in [5.41, 5.74) is 1.95. The number of nitrogens with one attached hydrogen (secondary N) is 1. The van der Waals surface area contributed by atoms with E-state index in [1.54, 1.807) is 33.5 Å². The number of urea groups is 1. The third-order valence-corrected chi connectivity index (χ3v) is 5.46. The van der Waals surface area contributed by atoms with Crippen LogP contribution in [0.5, 0.6) is 0 Å². The zero-order valence-corrected chi connectivity index (χ0v) is 14.9. The van der Waals surface area contributed by atoms with Crippen molar-refractivity contribution in [1.82, 2.24) is 25.1 Å². The number of carbonyl (C=O) groups is 2. The summed E-state index contributed by atoms with van der Waals surface area (Å²) in [5.74, 6) is 0. The maximum Gasteiger partial charge on any atom is 0.410 e. The lowest BCUT2D eigenvalue weighted by Gasteiger charge is -2.35. The van der Waals surface area contributed by atoms with E-state index in [0.29, 0.717) is 39.2 Å². The molecule has 0 spiro atoms. The number of aromatic nitrogens is 2. The number of amides is 3. The first-order valence-corrected chi connectivity index (χ1v) is 9.39. The number of nitrogens with zero attached hydrogens (tertiary/aromatic N) is 4. The number of fused-ring (bicyclic) bond motifs is 1. The van der Waals surface area contributed by atoms with Crippen molar-refractivity contribution in [1.29, 1.82) is 0 Å². The van der Waals surface area contributed by atoms with Crippen LogP contribution in [0.4, 0.5) is 9.59 Å². The highest BCUT2D eigenvalue weighted by atomic mass is 32.1. The van der Waals surface area contributed by atoms with E-state index in [-0.39, 0.29) is 18.2 Å². The van der Waals surface area contributed by atoms with E-state index >= 15 is 0 Å². The standard InChI is InChI=1S/C17H19N5O3S/c23-16(21-6-7-22-14(9-21)10-25-17(22)24)19-5-3-13-11-26-15(20-13)12-2-1-4-18-8-12/h1-2,4,8,11,14H,3,5-7,9-10H2,(H,19,23)/t14-/m0/s1. The van der Waals surface area contributed by atoms with Gasteiger partial charge in [-0.25, -0.2) is 14.6 Å². The molecule has 136 valence electrons. The lowest BCUT2D eigenvalue weighted by atomic mass is 10.2. The molecular weight excluding hydrogens is 354 g/mol. The summed E-state index contributed by atoms with van der Waals surface area (Å²) in [4.78, 5) is 36.0. The molecule has 4 heterocycles. The Balaban J connectivity index is 1.25. The molecule has 2 aliphatic rings. The number of piperazine rings is 1. The molecule has 0 unspecified atom stereocenters. The molecule has 26 heavy (non-hydrogen) atoms. The highest BCUT2D eigenvalue weighted by molar-refractivity contribution is 7.13. The first-order chi connectivity index (χ1) is 12.7. The molecule has 2 saturated heterocycles. The second-order valence-electron chi connectivity index (χ2n) is 6.24. The predicted octanol–water partition coefficient (Wildman–Crippen LogP) is 1.59. The van der Waals surface area contributed by atoms with Crippen molar-refractivity contribution in [2.24, 2.45) is 0 Å². The molecule has 0 aromatic carbocycles. The smallest absolute Gasteiger partial charge is 0.410 e. The largest absolute Gasteiger partial charge is 0.447 e. The van der Waals surface area contributed by atoms with Crippen LogP contribution in [-0.2, 0) is 11.2 Å². The molecule has 0 bridgehead atoms. The molecule has 0 aliphatic carbocycles. The number of hydrogen-bond acceptors (Lipinski definition) is 6. The summed E-state index contributed by atoms with van der Waals surface area (Å²) in [5, 5.41) is 5.88. The Morgan fingerprint density at radius 3 is 3.19 bits per heavy atom. The Labute approximate surface area is 154 Å². The van der Waals surface area contributed by atoms with Gasteiger partial charge in [-0.3, -0.25) is 9.88 Å². The quantitative estimate of drug-likeness (QED) is 0.879. The molecule has 2 aromatic rings. The lowest BCUT2D eigenvalue weighted by Crippen LogP contribution is -2.56. The summed E-state index contributed by atoms with van der Waals surface area (Å²) in [6, 6.07) is 3.74. The molecule has 1 atom stereocenters. The average molecular weight is 373 g/mol. The van der Waals surface area contributed by atoms with Crippen LogP contribution in [0.25, 0.3) is 10.6 Å². The minimum absolute atomic E-state index is 0.0254. The van der Waals surface area contributed by atoms with Gasteiger partial charge >= 0.3 is 12.1 Å². The molecule has 2 aromatic heterocycles. The Bertz CT molecular complexity index is 797. The molecule has 3 amide bonds. The van der Waals surface area contributed by atoms with Crippen LogP contribution in [0.15, 0.2) is 29.9 Å². The summed E-state index contributed by atoms with van der Waals surface area (Å²) in [6.07, 6.45) is 3.93. The molecule has 2 aliphatic heterocycles. The molecular formula is C17H19N5O3S. The van der Waals surface area contributed by atoms with Gasteiger partial charge in [0.25, 0.3) is 0 Å². The Kier molecular flexibility index (Phi) is 4.70. The fraction of sp³-hybridized carbons (Fsp3) is 0.412. The summed E-state index contributed by atoms with van der Waals surface area (Å²) < 4.78 is 5.02. The maximum atomic E-state index is 12.3. The fourth-order valence-electron chi connectivity index (χ4n) is 3.13. The number of ether oxygens (including phenoxy) is 1. The molecule has 0 saturated carbocycles. The van der Waals surface area contributed by atoms with Crippen molar-refractivity contribution in [3.05, 3.63) is 35.6 Å². The summed E-state index contributed by atoms with van der Waals surface area (Å²) in [6.45, 7) is 2.45. The molecule has 4 rings (SSSR count). The Morgan fingerprint density at radius 2 is 2.35 bits per heavy atom. The monoisotopic (exact) mass is 373 g/mol. The van der Waals surface area contributed by atoms with Crippen LogP contribution in [0.2, 0.25) is 0 Å². The van der Waals surface area contributed by atoms with Crippen LogP contribution in [0.1, 0.15) is 5.69 Å². The molecule has 0 radical (unpaired) electrons. The molecule has 1 N–H and O–H groups in total. The third kappa shape index (κ3) is 3.48. The Hall–Kier alpha value is -2.68. The van der Waals surface area contributed by atoms with Gasteiger partial charge in [0.05, 0.1) is 11.7 Å². The van der Waals surface area contributed by atoms with Gasteiger partial charge < -0.3 is 15.0 Å². The number of cyclic esters (lactones) is 1. The Morgan fingerprint density at radius 1 is 1.42 bits per heavy atom. The van der Waals surface area contributed by atoms with Crippen LogP contribution in [0, 0.1) is 0 Å². The van der Waals surface area contributed by atoms with E-state index in [1.165, 1.54) is 0 Å². The third-order valence-electron chi connectivity index (χ3n) is 4.52. The topological polar surface area (TPSA) is 87.7 Å². The summed E-state index contributed by atoms with van der Waals surface area (Å²) in [7, 11) is 0. The van der Waals surface area contributed by atoms with Crippen molar-refractivity contribution in [2.75, 3.05) is 32.8 Å². The van der Waals surface area contributed by atoms with Crippen molar-refractivity contribution in [3.63, 3.8) is 0 Å². The van der Waals surface area contributed by atoms with Crippen molar-refractivity contribution in [3.8, 4) is 10.6 Å². The van der Waals surface area contributed by atoms with Gasteiger partial charge in [0.1, 0.15) is 11.6 Å². The number of hydrogen-bond donors (Lipinski definition) is 1. The van der Waals surface area contributed by atoms with Gasteiger partial charge in [-0.1, -0.05) is 0 Å². The first-order valence-electron chi connectivity index (χ1n) is 8.51. The van der Waals surface area contributed by atoms with Crippen molar-refractivity contribution in [2.45, 2.75) is 12.5 Å². The van der Waals surface area contributed by atoms with Crippen molar-refractivity contribution >= 4 is 23.5 Å². The number of thiazole rings is 1. The second kappa shape index (κ2) is 7.28. The molecule has 2 fully saturated rings. The minimum Gasteiger partial charge on any atom is -0.447 e. The zero-order valence-electron chi connectivity index (χ0n) is 14.1. The lowest BCUT2D eigenvalue weighted by molar-refractivity contribution is 0.127. The van der Waals surface area contributed by atoms with Crippen LogP contribution in [0.3, 0.4) is 0 Å². The molecule has 8 nitrogen and oxygen atoms in total. The zero-order chi connectivity index (χ0) is 17.9. The fourth-order valence-corrected chi connectivity index (χ4v) is 3.97. The number of pyridine rings is 1. The van der Waals surface area contributed by atoms with Crippen LogP contribution in [-0.4, -0.2) is 70.7 Å². The molecule has 9 heteroatoms. The van der Waals surface area contributed by atoms with E-state index < -0.39 is 0 Å². The predicted molar refractivity (Wildman–Crippen MR) is 95.9 cm³/mol. The highest BCUT2D eigenvalue weighted by Crippen LogP contribution is 2.22. The van der Waals surface area contributed by atoms with Crippen molar-refractivity contribution < 1.29 is 14.3 Å². The highest BCUT2D eigenvalue weighted by Gasteiger charge is 2.38. The SMILES string of the molecule is O=C(NCCc1csc(-c2cccnc2)n1)N1CCN2C(=O)OC[C@@H]2C1. The first kappa shape index (κ1) is 16.8. The average Bonchev–Trinajstić information content (AvgIpc) is 3.29. The van der Waals surface area contributed by atoms with Gasteiger partial charge in [0.2, 0.25) is 0 Å². The van der Waals surface area contributed by atoms with E-state index in [9.17, 15) is 9.59 Å². The van der Waals surface area contributed by atoms with Gasteiger partial charge in [-0.2, -0.15) is 0 Å². The van der Waals surface area contributed by atoms with Crippen LogP contribution < -0.4 is 5.32 Å². The second-order valence-corrected chi connectivity index (χ2v) is 7.10. The van der Waals surface area contributed by atoms with E-state index in [0.717, 1.165) is 16.3 Å². The van der Waals surface area contributed by atoms with Gasteiger partial charge in [0, 0.05) is 55.9 Å². The van der Waals surface area contributed by atoms with Gasteiger partial charge in [-0.05, 0) is 12.1 Å². The minimum atomic E-state index is -0.275. The van der Waals surface area contributed by atoms with E-state index in [1.807, 2.05) is 17.5 Å². The van der Waals surface area contributed by atoms with Crippen LogP contribution >= 0.6 is 11.3 Å². The van der Waals surface area contributed by atoms with Gasteiger partial charge in [0.15, 0.2) is 0 Å². The summed E-state index contributed by atoms with van der Waals surface area (Å²) >= 11 is 1.57. The maximum absolute atomic E-state index is 12.3.